The van der Waals surface area contributed by atoms with Crippen molar-refractivity contribution in [3.63, 3.8) is 0 Å². The van der Waals surface area contributed by atoms with Gasteiger partial charge < -0.3 is 14.6 Å². The lowest BCUT2D eigenvalue weighted by Crippen LogP contribution is -2.30. The third-order valence-electron chi connectivity index (χ3n) is 5.03. The second-order valence-corrected chi connectivity index (χ2v) is 8.93. The van der Waals surface area contributed by atoms with E-state index in [1.54, 1.807) is 17.9 Å². The highest BCUT2D eigenvalue weighted by molar-refractivity contribution is 8.26. The Morgan fingerprint density at radius 3 is 2.73 bits per heavy atom. The maximum absolute atomic E-state index is 13.0. The van der Waals surface area contributed by atoms with Gasteiger partial charge in [0.05, 0.1) is 17.7 Å². The van der Waals surface area contributed by atoms with Gasteiger partial charge in [0.1, 0.15) is 15.8 Å². The minimum absolute atomic E-state index is 0.125. The SMILES string of the molecule is COc1cccc(-c2nn(-c3ccccc3)cc2/C=C2\SC(=S)N(CCCC(=O)[O-])C2=O)c1. The Bertz CT molecular complexity index is 1240. The van der Waals surface area contributed by atoms with E-state index in [0.717, 1.165) is 16.8 Å². The smallest absolute Gasteiger partial charge is 0.266 e. The maximum atomic E-state index is 13.0. The molecule has 1 aromatic heterocycles. The lowest BCUT2D eigenvalue weighted by molar-refractivity contribution is -0.305. The number of nitrogens with zero attached hydrogens (tertiary/aromatic N) is 3. The fourth-order valence-electron chi connectivity index (χ4n) is 3.42. The van der Waals surface area contributed by atoms with Gasteiger partial charge in [-0.15, -0.1) is 0 Å². The lowest BCUT2D eigenvalue weighted by Gasteiger charge is -2.14. The minimum atomic E-state index is -1.15. The molecule has 0 bridgehead atoms. The molecule has 0 unspecified atom stereocenters. The number of carbonyl (C=O) groups is 2. The molecule has 0 radical (unpaired) electrons. The molecule has 2 aromatic carbocycles. The molecule has 0 N–H and O–H groups in total. The first-order chi connectivity index (χ1) is 16.0. The highest BCUT2D eigenvalue weighted by atomic mass is 32.2. The number of benzene rings is 2. The average Bonchev–Trinajstić information content (AvgIpc) is 3.36. The van der Waals surface area contributed by atoms with Gasteiger partial charge in [0.15, 0.2) is 0 Å². The van der Waals surface area contributed by atoms with E-state index in [0.29, 0.717) is 20.7 Å². The van der Waals surface area contributed by atoms with Gasteiger partial charge in [-0.05, 0) is 43.2 Å². The largest absolute Gasteiger partial charge is 0.550 e. The molecule has 7 nitrogen and oxygen atoms in total. The average molecular weight is 479 g/mol. The fourth-order valence-corrected chi connectivity index (χ4v) is 4.72. The molecule has 2 heterocycles. The number of methoxy groups -OCH3 is 1. The van der Waals surface area contributed by atoms with Gasteiger partial charge >= 0.3 is 0 Å². The molecule has 0 saturated carbocycles. The number of thiocarbonyl (C=S) groups is 1. The summed E-state index contributed by atoms with van der Waals surface area (Å²) in [6.07, 6.45) is 3.80. The van der Waals surface area contributed by atoms with Crippen LogP contribution in [0.15, 0.2) is 65.7 Å². The number of aliphatic carboxylic acids is 1. The third-order valence-corrected chi connectivity index (χ3v) is 6.41. The summed E-state index contributed by atoms with van der Waals surface area (Å²) in [7, 11) is 1.61. The van der Waals surface area contributed by atoms with Crippen LogP contribution in [0.3, 0.4) is 0 Å². The highest BCUT2D eigenvalue weighted by Gasteiger charge is 2.32. The number of ether oxygens (including phenoxy) is 1. The van der Waals surface area contributed by atoms with Crippen LogP contribution >= 0.6 is 24.0 Å². The zero-order valence-electron chi connectivity index (χ0n) is 17.8. The molecule has 1 aliphatic heterocycles. The van der Waals surface area contributed by atoms with E-state index in [2.05, 4.69) is 0 Å². The Labute approximate surface area is 200 Å². The van der Waals surface area contributed by atoms with Gasteiger partial charge in [-0.2, -0.15) is 5.10 Å². The van der Waals surface area contributed by atoms with Crippen LogP contribution in [-0.4, -0.2) is 44.5 Å². The van der Waals surface area contributed by atoms with Crippen LogP contribution in [-0.2, 0) is 9.59 Å². The van der Waals surface area contributed by atoms with E-state index in [9.17, 15) is 14.7 Å². The number of para-hydroxylation sites is 1. The number of hydrogen-bond acceptors (Lipinski definition) is 7. The summed E-state index contributed by atoms with van der Waals surface area (Å²) >= 11 is 6.55. The van der Waals surface area contributed by atoms with Crippen molar-refractivity contribution in [3.05, 3.63) is 71.3 Å². The number of amides is 1. The second kappa shape index (κ2) is 10.0. The van der Waals surface area contributed by atoms with Crippen LogP contribution in [0.2, 0.25) is 0 Å². The maximum Gasteiger partial charge on any atom is 0.266 e. The minimum Gasteiger partial charge on any atom is -0.550 e. The first-order valence-electron chi connectivity index (χ1n) is 10.2. The van der Waals surface area contributed by atoms with Crippen molar-refractivity contribution in [1.29, 1.82) is 0 Å². The van der Waals surface area contributed by atoms with Gasteiger partial charge in [-0.1, -0.05) is 54.3 Å². The Morgan fingerprint density at radius 1 is 1.21 bits per heavy atom. The third kappa shape index (κ3) is 5.15. The van der Waals surface area contributed by atoms with Crippen LogP contribution < -0.4 is 9.84 Å². The van der Waals surface area contributed by atoms with E-state index < -0.39 is 5.97 Å². The van der Waals surface area contributed by atoms with E-state index in [-0.39, 0.29) is 25.3 Å². The van der Waals surface area contributed by atoms with Gasteiger partial charge in [0, 0.05) is 29.8 Å². The molecule has 3 aromatic rings. The molecule has 9 heteroatoms. The molecule has 168 valence electrons. The molecular weight excluding hydrogens is 458 g/mol. The Hall–Kier alpha value is -3.43. The first kappa shape index (κ1) is 22.8. The Balaban J connectivity index is 1.71. The van der Waals surface area contributed by atoms with Gasteiger partial charge in [-0.25, -0.2) is 4.68 Å². The molecule has 1 saturated heterocycles. The highest BCUT2D eigenvalue weighted by Crippen LogP contribution is 2.35. The summed E-state index contributed by atoms with van der Waals surface area (Å²) in [4.78, 5) is 25.6. The first-order valence-corrected chi connectivity index (χ1v) is 11.4. The number of carboxylic acid groups (broad SMARTS) is 1. The van der Waals surface area contributed by atoms with E-state index in [1.165, 1.54) is 16.7 Å². The number of thioether (sulfide) groups is 1. The zero-order chi connectivity index (χ0) is 23.4. The van der Waals surface area contributed by atoms with Gasteiger partial charge in [0.25, 0.3) is 5.91 Å². The van der Waals surface area contributed by atoms with E-state index in [4.69, 9.17) is 22.1 Å². The van der Waals surface area contributed by atoms with Crippen molar-refractivity contribution < 1.29 is 19.4 Å². The lowest BCUT2D eigenvalue weighted by atomic mass is 10.1. The quantitative estimate of drug-likeness (QED) is 0.363. The summed E-state index contributed by atoms with van der Waals surface area (Å²) < 4.78 is 7.53. The number of carboxylic acids is 1. The number of rotatable bonds is 8. The molecular formula is C24H20N3O4S2-. The zero-order valence-corrected chi connectivity index (χ0v) is 19.4. The number of aromatic nitrogens is 2. The van der Waals surface area contributed by atoms with Crippen LogP contribution in [0.25, 0.3) is 23.0 Å². The summed E-state index contributed by atoms with van der Waals surface area (Å²) in [6, 6.07) is 17.3. The molecule has 1 aliphatic rings. The van der Waals surface area contributed by atoms with Crippen LogP contribution in [0.1, 0.15) is 18.4 Å². The summed E-state index contributed by atoms with van der Waals surface area (Å²) in [5.74, 6) is -0.688. The van der Waals surface area contributed by atoms with Crippen LogP contribution in [0.5, 0.6) is 5.75 Å². The predicted molar refractivity (Wildman–Crippen MR) is 130 cm³/mol. The normalized spacial score (nSPS) is 14.8. The molecule has 1 fully saturated rings. The van der Waals surface area contributed by atoms with Crippen molar-refractivity contribution in [2.45, 2.75) is 12.8 Å². The molecule has 0 atom stereocenters. The number of hydrogen-bond donors (Lipinski definition) is 0. The number of carbonyl (C=O) groups excluding carboxylic acids is 2. The summed E-state index contributed by atoms with van der Waals surface area (Å²) in [5, 5.41) is 15.5. The predicted octanol–water partition coefficient (Wildman–Crippen LogP) is 3.28. The van der Waals surface area contributed by atoms with Gasteiger partial charge in [-0.3, -0.25) is 9.69 Å². The van der Waals surface area contributed by atoms with Crippen molar-refractivity contribution in [2.75, 3.05) is 13.7 Å². The Morgan fingerprint density at radius 2 is 2.00 bits per heavy atom. The van der Waals surface area contributed by atoms with Crippen LogP contribution in [0, 0.1) is 0 Å². The summed E-state index contributed by atoms with van der Waals surface area (Å²) in [5.41, 5.74) is 3.18. The fraction of sp³-hybridized carbons (Fsp3) is 0.167. The van der Waals surface area contributed by atoms with E-state index in [1.807, 2.05) is 60.8 Å². The molecule has 0 spiro atoms. The molecule has 1 amide bonds. The standard InChI is InChI=1S/C24H21N3O4S2/c1-31-19-10-5-7-16(13-19)22-17(15-27(25-22)18-8-3-2-4-9-18)14-20-23(30)26(24(32)33-20)12-6-11-21(28)29/h2-5,7-10,13-15H,6,11-12H2,1H3,(H,28,29)/p-1/b20-14-. The second-order valence-electron chi connectivity index (χ2n) is 7.25. The van der Waals surface area contributed by atoms with Crippen molar-refractivity contribution >= 4 is 46.3 Å². The van der Waals surface area contributed by atoms with Crippen molar-refractivity contribution in [2.24, 2.45) is 0 Å². The monoisotopic (exact) mass is 478 g/mol. The van der Waals surface area contributed by atoms with E-state index >= 15 is 0 Å². The Kier molecular flexibility index (Phi) is 6.90. The topological polar surface area (TPSA) is 87.5 Å². The van der Waals surface area contributed by atoms with Gasteiger partial charge in [0.2, 0.25) is 0 Å². The van der Waals surface area contributed by atoms with Crippen molar-refractivity contribution in [1.82, 2.24) is 14.7 Å². The molecule has 0 aliphatic carbocycles. The molecule has 4 rings (SSSR count). The molecule has 33 heavy (non-hydrogen) atoms. The van der Waals surface area contributed by atoms with Crippen LogP contribution in [0.4, 0.5) is 0 Å². The van der Waals surface area contributed by atoms with Crippen molar-refractivity contribution in [3.8, 4) is 22.7 Å². The summed E-state index contributed by atoms with van der Waals surface area (Å²) in [6.45, 7) is 0.238.